The highest BCUT2D eigenvalue weighted by Gasteiger charge is 2.20. The van der Waals surface area contributed by atoms with Crippen molar-refractivity contribution < 1.29 is 17.6 Å². The van der Waals surface area contributed by atoms with Crippen LogP contribution in [-0.4, -0.2) is 0 Å². The second-order valence-corrected chi connectivity index (χ2v) is 18.2. The van der Waals surface area contributed by atoms with Gasteiger partial charge in [-0.25, -0.2) is 17.6 Å². The van der Waals surface area contributed by atoms with Gasteiger partial charge in [-0.15, -0.1) is 0 Å². The van der Waals surface area contributed by atoms with E-state index < -0.39 is 23.3 Å². The number of para-hydroxylation sites is 2. The molecule has 0 amide bonds. The predicted octanol–water partition coefficient (Wildman–Crippen LogP) is 19.4. The van der Waals surface area contributed by atoms with Crippen molar-refractivity contribution in [2.45, 2.75) is 0 Å². The van der Waals surface area contributed by atoms with Gasteiger partial charge in [0, 0.05) is 46.3 Å². The molecule has 13 aromatic carbocycles. The molecule has 0 spiro atoms. The van der Waals surface area contributed by atoms with E-state index >= 15 is 0 Å². The second kappa shape index (κ2) is 17.3. The predicted molar refractivity (Wildman–Crippen MR) is 292 cm³/mol. The molecule has 0 radical (unpaired) electrons. The van der Waals surface area contributed by atoms with Gasteiger partial charge in [0.1, 0.15) is 23.3 Å². The van der Waals surface area contributed by atoms with Crippen LogP contribution in [0.15, 0.2) is 243 Å². The Morgan fingerprint density at radius 3 is 0.778 bits per heavy atom. The molecular weight excluding hydrogens is 897 g/mol. The number of fused-ring (bicyclic) bond motifs is 12. The lowest BCUT2D eigenvalue weighted by Crippen LogP contribution is -2.09. The molecule has 2 nitrogen and oxygen atoms in total. The molecule has 13 rings (SSSR count). The molecule has 0 N–H and O–H groups in total. The van der Waals surface area contributed by atoms with Crippen LogP contribution in [0.25, 0.3) is 86.9 Å². The van der Waals surface area contributed by atoms with E-state index in [1.165, 1.54) is 24.3 Å². The maximum Gasteiger partial charge on any atom is 0.126 e. The first-order valence-electron chi connectivity index (χ1n) is 23.8. The smallest absolute Gasteiger partial charge is 0.126 e. The Morgan fingerprint density at radius 2 is 0.444 bits per heavy atom. The van der Waals surface area contributed by atoms with E-state index in [9.17, 15) is 17.6 Å². The average Bonchev–Trinajstić information content (AvgIpc) is 3.41. The summed E-state index contributed by atoms with van der Waals surface area (Å²) in [5.41, 5.74) is 8.09. The molecule has 0 saturated heterocycles. The van der Waals surface area contributed by atoms with Gasteiger partial charge in [0.2, 0.25) is 0 Å². The Labute approximate surface area is 412 Å². The van der Waals surface area contributed by atoms with E-state index in [4.69, 9.17) is 0 Å². The van der Waals surface area contributed by atoms with Crippen molar-refractivity contribution in [3.05, 3.63) is 266 Å². The lowest BCUT2D eigenvalue weighted by molar-refractivity contribution is 0.583. The molecule has 0 bridgehead atoms. The number of hydrogen-bond donors (Lipinski definition) is 0. The summed E-state index contributed by atoms with van der Waals surface area (Å²) in [5.74, 6) is -2.46. The zero-order valence-electron chi connectivity index (χ0n) is 38.5. The summed E-state index contributed by atoms with van der Waals surface area (Å²) in [4.78, 5) is 4.43. The van der Waals surface area contributed by atoms with Gasteiger partial charge in [-0.3, -0.25) is 0 Å². The first kappa shape index (κ1) is 42.8. The molecule has 0 unspecified atom stereocenters. The summed E-state index contributed by atoms with van der Waals surface area (Å²) in [6.45, 7) is 0. The third kappa shape index (κ3) is 7.44. The van der Waals surface area contributed by atoms with E-state index in [1.807, 2.05) is 84.9 Å². The first-order valence-corrected chi connectivity index (χ1v) is 23.8. The van der Waals surface area contributed by atoms with Gasteiger partial charge < -0.3 is 9.80 Å². The molecule has 13 aromatic rings. The number of nitrogens with zero attached hydrogens (tertiary/aromatic N) is 2. The molecule has 0 fully saturated rings. The van der Waals surface area contributed by atoms with Gasteiger partial charge >= 0.3 is 0 Å². The molecule has 72 heavy (non-hydrogen) atoms. The molecule has 0 atom stereocenters. The fourth-order valence-electron chi connectivity index (χ4n) is 10.8. The van der Waals surface area contributed by atoms with Crippen molar-refractivity contribution in [2.24, 2.45) is 0 Å². The van der Waals surface area contributed by atoms with Crippen LogP contribution in [0.5, 0.6) is 0 Å². The second-order valence-electron chi connectivity index (χ2n) is 18.2. The molecule has 0 heterocycles. The number of anilines is 6. The van der Waals surface area contributed by atoms with Gasteiger partial charge in [-0.1, -0.05) is 121 Å². The molecule has 0 aliphatic heterocycles. The van der Waals surface area contributed by atoms with Crippen molar-refractivity contribution in [3.63, 3.8) is 0 Å². The van der Waals surface area contributed by atoms with Gasteiger partial charge in [0.05, 0.1) is 0 Å². The van der Waals surface area contributed by atoms with E-state index in [0.29, 0.717) is 22.3 Å². The van der Waals surface area contributed by atoms with E-state index in [-0.39, 0.29) is 0 Å². The zero-order valence-corrected chi connectivity index (χ0v) is 38.5. The van der Waals surface area contributed by atoms with Crippen molar-refractivity contribution >= 4 is 98.8 Å². The third-order valence-electron chi connectivity index (χ3n) is 13.9. The normalized spacial score (nSPS) is 11.6. The molecule has 6 heteroatoms. The van der Waals surface area contributed by atoms with Crippen molar-refractivity contribution in [3.8, 4) is 22.3 Å². The fraction of sp³-hybridized carbons (Fsp3) is 0. The number of benzene rings is 13. The number of rotatable bonds is 8. The molecule has 342 valence electrons. The van der Waals surface area contributed by atoms with Crippen LogP contribution in [0.4, 0.5) is 51.7 Å². The number of halogens is 4. The van der Waals surface area contributed by atoms with Crippen molar-refractivity contribution in [1.29, 1.82) is 0 Å². The Bertz CT molecular complexity index is 3940. The molecule has 0 saturated carbocycles. The summed E-state index contributed by atoms with van der Waals surface area (Å²) >= 11 is 0. The monoisotopic (exact) mass is 936 g/mol. The van der Waals surface area contributed by atoms with Crippen molar-refractivity contribution in [2.75, 3.05) is 9.80 Å². The minimum Gasteiger partial charge on any atom is -0.310 e. The minimum atomic E-state index is -0.614. The van der Waals surface area contributed by atoms with Crippen LogP contribution in [0.2, 0.25) is 0 Å². The van der Waals surface area contributed by atoms with E-state index in [1.54, 1.807) is 0 Å². The highest BCUT2D eigenvalue weighted by atomic mass is 19.1. The van der Waals surface area contributed by atoms with Crippen LogP contribution in [0, 0.1) is 23.3 Å². The third-order valence-corrected chi connectivity index (χ3v) is 13.9. The largest absolute Gasteiger partial charge is 0.310 e. The molecule has 0 aliphatic carbocycles. The van der Waals surface area contributed by atoms with Crippen molar-refractivity contribution in [1.82, 2.24) is 0 Å². The topological polar surface area (TPSA) is 6.48 Å². The summed E-state index contributed by atoms with van der Waals surface area (Å²) < 4.78 is 57.0. The van der Waals surface area contributed by atoms with Crippen LogP contribution < -0.4 is 9.80 Å². The van der Waals surface area contributed by atoms with Crippen LogP contribution >= 0.6 is 0 Å². The van der Waals surface area contributed by atoms with Gasteiger partial charge in [-0.2, -0.15) is 0 Å². The lowest BCUT2D eigenvalue weighted by Gasteiger charge is -2.27. The van der Waals surface area contributed by atoms with E-state index in [2.05, 4.69) is 131 Å². The van der Waals surface area contributed by atoms with Crippen LogP contribution in [0.3, 0.4) is 0 Å². The highest BCUT2D eigenvalue weighted by Crippen LogP contribution is 2.46. The first-order chi connectivity index (χ1) is 35.3. The Hall–Kier alpha value is -9.26. The molecular formula is C66H40F4N2. The molecule has 0 aliphatic rings. The maximum atomic E-state index is 14.2. The quantitative estimate of drug-likeness (QED) is 0.0851. The maximum absolute atomic E-state index is 14.2. The van der Waals surface area contributed by atoms with Gasteiger partial charge in [-0.05, 0) is 196 Å². The van der Waals surface area contributed by atoms with Crippen LogP contribution in [-0.2, 0) is 0 Å². The summed E-state index contributed by atoms with van der Waals surface area (Å²) in [6, 6.07) is 78.6. The summed E-state index contributed by atoms with van der Waals surface area (Å²) in [6.07, 6.45) is 0. The lowest BCUT2D eigenvalue weighted by atomic mass is 9.88. The standard InChI is InChI=1S/C66H40F4N2/c67-45-31-43(32-46(68)35-45)41-19-23-51(24-20-41)71(49-11-3-1-4-12-49)53-27-29-59-61(37-53)55-15-7-9-17-57(55)63-40-66-60-30-28-54(38-62(60)56-16-8-10-18-58(56)64(66)39-65(59)63)72(50-13-5-2-6-14-50)52-25-21-42(22-26-52)44-33-47(69)36-48(70)34-44/h1-40H. The van der Waals surface area contributed by atoms with Gasteiger partial charge in [0.15, 0.2) is 0 Å². The molecule has 0 aromatic heterocycles. The number of hydrogen-bond acceptors (Lipinski definition) is 2. The van der Waals surface area contributed by atoms with E-state index in [0.717, 1.165) is 111 Å². The van der Waals surface area contributed by atoms with Crippen LogP contribution in [0.1, 0.15) is 0 Å². The average molecular weight is 937 g/mol. The Morgan fingerprint density at radius 1 is 0.181 bits per heavy atom. The minimum absolute atomic E-state index is 0.477. The Balaban J connectivity index is 0.972. The highest BCUT2D eigenvalue weighted by molar-refractivity contribution is 6.33. The zero-order chi connectivity index (χ0) is 48.5. The fourth-order valence-corrected chi connectivity index (χ4v) is 10.8. The summed E-state index contributed by atoms with van der Waals surface area (Å²) in [5, 5.41) is 13.7. The Kier molecular flexibility index (Phi) is 10.3. The van der Waals surface area contributed by atoms with Gasteiger partial charge in [0.25, 0.3) is 0 Å². The summed E-state index contributed by atoms with van der Waals surface area (Å²) in [7, 11) is 0. The SMILES string of the molecule is Fc1cc(F)cc(-c2ccc(N(c3ccccc3)c3ccc4c(c3)c3ccccc3c3cc5c6ccc(N(c7ccccc7)c7ccc(-c8cc(F)cc(F)c8)cc7)cc6c6ccccc6c5cc43)cc2)c1.